The maximum Gasteiger partial charge on any atom is 0.167 e. The molecule has 0 fully saturated rings. The first-order valence-electron chi connectivity index (χ1n) is 7.19. The lowest BCUT2D eigenvalue weighted by molar-refractivity contribution is 0.299. The quantitative estimate of drug-likeness (QED) is 0.458. The van der Waals surface area contributed by atoms with Crippen LogP contribution >= 0.6 is 34.8 Å². The Labute approximate surface area is 151 Å². The first-order valence-corrected chi connectivity index (χ1v) is 8.68. The van der Waals surface area contributed by atoms with Crippen LogP contribution in [-0.2, 0) is 6.61 Å². The van der Waals surface area contributed by atoms with E-state index in [-0.39, 0.29) is 0 Å². The topological polar surface area (TPSA) is 18.5 Å². The van der Waals surface area contributed by atoms with Crippen LogP contribution in [0.2, 0.25) is 0 Å². The van der Waals surface area contributed by atoms with Crippen LogP contribution in [0.25, 0.3) is 0 Å². The summed E-state index contributed by atoms with van der Waals surface area (Å²) >= 11 is 7.49. The van der Waals surface area contributed by atoms with Gasteiger partial charge in [0.15, 0.2) is 5.05 Å². The Balaban J connectivity index is 2.19. The van der Waals surface area contributed by atoms with Crippen molar-refractivity contribution < 1.29 is 9.47 Å². The van der Waals surface area contributed by atoms with Gasteiger partial charge in [0.2, 0.25) is 0 Å². The molecule has 2 nitrogen and oxygen atoms in total. The number of halogens is 1. The van der Waals surface area contributed by atoms with Gasteiger partial charge in [-0.2, -0.15) is 0 Å². The van der Waals surface area contributed by atoms with Gasteiger partial charge >= 0.3 is 0 Å². The van der Waals surface area contributed by atoms with Gasteiger partial charge in [0.1, 0.15) is 18.1 Å². The summed E-state index contributed by atoms with van der Waals surface area (Å²) in [6.07, 6.45) is 0.720. The van der Waals surface area contributed by atoms with Gasteiger partial charge in [-0.25, -0.2) is 0 Å². The number of aryl methyl sites for hydroxylation is 2. The fourth-order valence-corrected chi connectivity index (χ4v) is 2.80. The molecule has 0 radical (unpaired) electrons. The monoisotopic (exact) mass is 426 g/mol. The summed E-state index contributed by atoms with van der Waals surface area (Å²) in [5.74, 6) is 1.68. The first-order chi connectivity index (χ1) is 10.5. The average Bonchev–Trinajstić information content (AvgIpc) is 2.48. The molecule has 0 saturated carbocycles. The van der Waals surface area contributed by atoms with Crippen molar-refractivity contribution in [1.82, 2.24) is 0 Å². The zero-order chi connectivity index (χ0) is 16.1. The molecule has 0 unspecified atom stereocenters. The van der Waals surface area contributed by atoms with Crippen molar-refractivity contribution in [3.63, 3.8) is 0 Å². The van der Waals surface area contributed by atoms with Gasteiger partial charge in [0, 0.05) is 15.6 Å². The van der Waals surface area contributed by atoms with E-state index in [4.69, 9.17) is 21.7 Å². The fourth-order valence-electron chi connectivity index (χ4n) is 2.08. The predicted molar refractivity (Wildman–Crippen MR) is 103 cm³/mol. The van der Waals surface area contributed by atoms with E-state index < -0.39 is 0 Å². The predicted octanol–water partition coefficient (Wildman–Crippen LogP) is 5.60. The average molecular weight is 426 g/mol. The van der Waals surface area contributed by atoms with Gasteiger partial charge < -0.3 is 9.47 Å². The zero-order valence-electron chi connectivity index (χ0n) is 13.0. The molecule has 0 bridgehead atoms. The molecule has 0 saturated heterocycles. The largest absolute Gasteiger partial charge is 0.488 e. The van der Waals surface area contributed by atoms with Crippen molar-refractivity contribution in [3.8, 4) is 11.5 Å². The third kappa shape index (κ3) is 4.43. The van der Waals surface area contributed by atoms with Crippen molar-refractivity contribution >= 4 is 39.9 Å². The summed E-state index contributed by atoms with van der Waals surface area (Å²) in [7, 11) is 0. The van der Waals surface area contributed by atoms with Crippen LogP contribution in [-0.4, -0.2) is 5.05 Å². The summed E-state index contributed by atoms with van der Waals surface area (Å²) < 4.78 is 12.9. The molecule has 22 heavy (non-hydrogen) atoms. The Kier molecular flexibility index (Phi) is 6.20. The Morgan fingerprint density at radius 1 is 1.14 bits per heavy atom. The molecule has 2 aromatic rings. The lowest BCUT2D eigenvalue weighted by atomic mass is 10.1. The standard InChI is InChI=1S/C18H19IO2S/c1-4-18(22)21-17-7-5-6-15(19)14(17)11-20-16-9-8-12(2)10-13(16)3/h5-10H,4,11H2,1-3H3. The molecule has 0 heterocycles. The number of thiocarbonyl (C=S) groups is 1. The van der Waals surface area contributed by atoms with Gasteiger partial charge in [0.25, 0.3) is 0 Å². The third-order valence-corrected chi connectivity index (χ3v) is 4.67. The van der Waals surface area contributed by atoms with Crippen LogP contribution in [0.4, 0.5) is 0 Å². The van der Waals surface area contributed by atoms with Crippen LogP contribution in [0.1, 0.15) is 30.0 Å². The van der Waals surface area contributed by atoms with Gasteiger partial charge in [-0.15, -0.1) is 0 Å². The summed E-state index contributed by atoms with van der Waals surface area (Å²) in [5.41, 5.74) is 3.40. The van der Waals surface area contributed by atoms with E-state index in [1.54, 1.807) is 0 Å². The molecule has 0 aliphatic rings. The Hall–Kier alpha value is -1.14. The molecule has 0 atom stereocenters. The Morgan fingerprint density at radius 3 is 2.59 bits per heavy atom. The lowest BCUT2D eigenvalue weighted by Crippen LogP contribution is -2.08. The van der Waals surface area contributed by atoms with E-state index in [9.17, 15) is 0 Å². The number of benzene rings is 2. The van der Waals surface area contributed by atoms with Crippen molar-refractivity contribution in [3.05, 3.63) is 56.7 Å². The molecule has 0 amide bonds. The van der Waals surface area contributed by atoms with Crippen LogP contribution < -0.4 is 9.47 Å². The SMILES string of the molecule is CCC(=S)Oc1cccc(I)c1COc1ccc(C)cc1C. The number of ether oxygens (including phenoxy) is 2. The van der Waals surface area contributed by atoms with Crippen LogP contribution in [0.3, 0.4) is 0 Å². The van der Waals surface area contributed by atoms with E-state index in [2.05, 4.69) is 48.6 Å². The van der Waals surface area contributed by atoms with Gasteiger partial charge in [-0.1, -0.05) is 30.7 Å². The Morgan fingerprint density at radius 2 is 1.91 bits per heavy atom. The molecular weight excluding hydrogens is 407 g/mol. The highest BCUT2D eigenvalue weighted by molar-refractivity contribution is 14.1. The van der Waals surface area contributed by atoms with E-state index in [1.807, 2.05) is 31.2 Å². The maximum absolute atomic E-state index is 5.99. The van der Waals surface area contributed by atoms with E-state index in [0.29, 0.717) is 11.7 Å². The highest BCUT2D eigenvalue weighted by Crippen LogP contribution is 2.27. The molecule has 0 aliphatic carbocycles. The second-order valence-electron chi connectivity index (χ2n) is 5.10. The number of hydrogen-bond acceptors (Lipinski definition) is 3. The first kappa shape index (κ1) is 17.2. The fraction of sp³-hybridized carbons (Fsp3) is 0.278. The molecule has 0 N–H and O–H groups in total. The number of hydrogen-bond donors (Lipinski definition) is 0. The molecule has 4 heteroatoms. The number of rotatable bonds is 5. The molecule has 2 aromatic carbocycles. The molecule has 0 spiro atoms. The minimum Gasteiger partial charge on any atom is -0.488 e. The smallest absolute Gasteiger partial charge is 0.167 e. The third-order valence-electron chi connectivity index (χ3n) is 3.29. The normalized spacial score (nSPS) is 10.4. The summed E-state index contributed by atoms with van der Waals surface area (Å²) in [6.45, 7) is 6.59. The zero-order valence-corrected chi connectivity index (χ0v) is 16.0. The van der Waals surface area contributed by atoms with Crippen LogP contribution in [0.5, 0.6) is 11.5 Å². The summed E-state index contributed by atoms with van der Waals surface area (Å²) in [4.78, 5) is 0. The van der Waals surface area contributed by atoms with Gasteiger partial charge in [0.05, 0.1) is 0 Å². The Bertz CT molecular complexity index is 683. The van der Waals surface area contributed by atoms with Crippen molar-refractivity contribution in [1.29, 1.82) is 0 Å². The van der Waals surface area contributed by atoms with E-state index in [0.717, 1.165) is 32.6 Å². The maximum atomic E-state index is 5.99. The summed E-state index contributed by atoms with van der Waals surface area (Å²) in [6, 6.07) is 12.1. The van der Waals surface area contributed by atoms with E-state index >= 15 is 0 Å². The van der Waals surface area contributed by atoms with Gasteiger partial charge in [-0.05, 0) is 72.4 Å². The van der Waals surface area contributed by atoms with Gasteiger partial charge in [-0.3, -0.25) is 0 Å². The highest BCUT2D eigenvalue weighted by Gasteiger charge is 2.11. The van der Waals surface area contributed by atoms with Crippen LogP contribution in [0, 0.1) is 17.4 Å². The van der Waals surface area contributed by atoms with Crippen LogP contribution in [0.15, 0.2) is 36.4 Å². The second kappa shape index (κ2) is 7.92. The molecular formula is C18H19IO2S. The molecule has 116 valence electrons. The van der Waals surface area contributed by atoms with Crippen molar-refractivity contribution in [2.75, 3.05) is 0 Å². The van der Waals surface area contributed by atoms with Crippen molar-refractivity contribution in [2.45, 2.75) is 33.8 Å². The highest BCUT2D eigenvalue weighted by atomic mass is 127. The molecule has 0 aromatic heterocycles. The summed E-state index contributed by atoms with van der Waals surface area (Å²) in [5, 5.41) is 0.592. The van der Waals surface area contributed by atoms with Crippen molar-refractivity contribution in [2.24, 2.45) is 0 Å². The second-order valence-corrected chi connectivity index (χ2v) is 6.72. The van der Waals surface area contributed by atoms with E-state index in [1.165, 1.54) is 5.56 Å². The minimum atomic E-state index is 0.463. The molecule has 0 aliphatic heterocycles. The molecule has 2 rings (SSSR count). The minimum absolute atomic E-state index is 0.463. The lowest BCUT2D eigenvalue weighted by Gasteiger charge is -2.15.